The maximum absolute atomic E-state index is 12.0. The first-order valence-electron chi connectivity index (χ1n) is 8.54. The summed E-state index contributed by atoms with van der Waals surface area (Å²) in [6.45, 7) is 0. The van der Waals surface area contributed by atoms with E-state index in [9.17, 15) is 4.79 Å². The number of rotatable bonds is 9. The van der Waals surface area contributed by atoms with Crippen molar-refractivity contribution >= 4 is 5.97 Å². The van der Waals surface area contributed by atoms with Crippen molar-refractivity contribution < 1.29 is 14.3 Å². The van der Waals surface area contributed by atoms with Gasteiger partial charge >= 0.3 is 5.97 Å². The van der Waals surface area contributed by atoms with Gasteiger partial charge in [0.2, 0.25) is 0 Å². The number of hydrogen-bond donors (Lipinski definition) is 0. The average molecular weight is 326 g/mol. The molecule has 0 bridgehead atoms. The van der Waals surface area contributed by atoms with Gasteiger partial charge in [0.25, 0.3) is 0 Å². The van der Waals surface area contributed by atoms with Crippen LogP contribution in [0.25, 0.3) is 0 Å². The smallest absolute Gasteiger partial charge is 0.341 e. The van der Waals surface area contributed by atoms with Gasteiger partial charge in [0.1, 0.15) is 11.3 Å². The van der Waals surface area contributed by atoms with E-state index < -0.39 is 0 Å². The second-order valence-electron chi connectivity index (χ2n) is 5.89. The fraction of sp³-hybridized carbons (Fsp3) is 0.381. The molecule has 3 heteroatoms. The molecule has 0 heterocycles. The van der Waals surface area contributed by atoms with Crippen molar-refractivity contribution in [3.8, 4) is 5.75 Å². The van der Waals surface area contributed by atoms with Crippen LogP contribution in [-0.2, 0) is 17.6 Å². The highest BCUT2D eigenvalue weighted by molar-refractivity contribution is 5.94. The van der Waals surface area contributed by atoms with E-state index in [1.807, 2.05) is 12.1 Å². The quantitative estimate of drug-likeness (QED) is 0.489. The molecule has 0 saturated heterocycles. The lowest BCUT2D eigenvalue weighted by Crippen LogP contribution is -2.08. The van der Waals surface area contributed by atoms with Crippen LogP contribution in [0.1, 0.15) is 47.2 Å². The maximum Gasteiger partial charge on any atom is 0.341 e. The van der Waals surface area contributed by atoms with Crippen LogP contribution in [0.4, 0.5) is 0 Å². The largest absolute Gasteiger partial charge is 0.496 e. The van der Waals surface area contributed by atoms with Gasteiger partial charge in [0.15, 0.2) is 0 Å². The number of esters is 1. The Morgan fingerprint density at radius 2 is 1.54 bits per heavy atom. The molecule has 0 spiro atoms. The van der Waals surface area contributed by atoms with Crippen molar-refractivity contribution in [2.24, 2.45) is 0 Å². The predicted octanol–water partition coefficient (Wildman–Crippen LogP) is 4.83. The van der Waals surface area contributed by atoms with Crippen LogP contribution in [0.5, 0.6) is 5.75 Å². The van der Waals surface area contributed by atoms with E-state index in [4.69, 9.17) is 9.47 Å². The summed E-state index contributed by atoms with van der Waals surface area (Å²) in [6.07, 6.45) is 6.62. The topological polar surface area (TPSA) is 35.5 Å². The third-order valence-electron chi connectivity index (χ3n) is 4.23. The highest BCUT2D eigenvalue weighted by Gasteiger charge is 2.17. The Labute approximate surface area is 144 Å². The normalized spacial score (nSPS) is 10.4. The van der Waals surface area contributed by atoms with Gasteiger partial charge in [0, 0.05) is 0 Å². The molecule has 0 N–H and O–H groups in total. The number of hydrogen-bond acceptors (Lipinski definition) is 3. The van der Waals surface area contributed by atoms with E-state index in [1.54, 1.807) is 13.2 Å². The lowest BCUT2D eigenvalue weighted by molar-refractivity contribution is 0.0595. The molecule has 0 aliphatic carbocycles. The van der Waals surface area contributed by atoms with Gasteiger partial charge in [-0.2, -0.15) is 0 Å². The second kappa shape index (κ2) is 9.76. The molecule has 0 saturated carbocycles. The van der Waals surface area contributed by atoms with Crippen LogP contribution < -0.4 is 4.74 Å². The molecule has 0 aliphatic heterocycles. The maximum atomic E-state index is 12.0. The number of benzene rings is 2. The van der Waals surface area contributed by atoms with Gasteiger partial charge in [-0.3, -0.25) is 0 Å². The van der Waals surface area contributed by atoms with E-state index in [-0.39, 0.29) is 5.97 Å². The standard InChI is InChI=1S/C21H26O3/c1-23-19-16-10-15-18(20(19)21(22)24-2)14-9-4-3-6-11-17-12-7-5-8-13-17/h5,7-8,10,12-13,15-16H,3-4,6,9,11,14H2,1-2H3. The van der Waals surface area contributed by atoms with Crippen LogP contribution in [0.3, 0.4) is 0 Å². The second-order valence-corrected chi connectivity index (χ2v) is 5.89. The van der Waals surface area contributed by atoms with Crippen molar-refractivity contribution in [2.45, 2.75) is 38.5 Å². The van der Waals surface area contributed by atoms with Crippen molar-refractivity contribution in [1.29, 1.82) is 0 Å². The molecule has 0 aromatic heterocycles. The van der Waals surface area contributed by atoms with E-state index in [1.165, 1.54) is 25.5 Å². The first-order valence-corrected chi connectivity index (χ1v) is 8.54. The number of unbranched alkanes of at least 4 members (excludes halogenated alkanes) is 3. The van der Waals surface area contributed by atoms with Crippen LogP contribution in [0, 0.1) is 0 Å². The van der Waals surface area contributed by atoms with E-state index in [0.717, 1.165) is 31.2 Å². The SMILES string of the molecule is COC(=O)c1c(CCCCCCc2ccccc2)cccc1OC. The zero-order valence-corrected chi connectivity index (χ0v) is 14.6. The molecule has 0 unspecified atom stereocenters. The molecule has 0 atom stereocenters. The molecule has 0 aliphatic rings. The van der Waals surface area contributed by atoms with Gasteiger partial charge in [0.05, 0.1) is 14.2 Å². The Balaban J connectivity index is 1.81. The molecule has 0 radical (unpaired) electrons. The summed E-state index contributed by atoms with van der Waals surface area (Å²) in [5.41, 5.74) is 2.97. The van der Waals surface area contributed by atoms with E-state index >= 15 is 0 Å². The van der Waals surface area contributed by atoms with E-state index in [0.29, 0.717) is 11.3 Å². The Kier molecular flexibility index (Phi) is 7.34. The molecule has 2 rings (SSSR count). The summed E-state index contributed by atoms with van der Waals surface area (Å²) in [6, 6.07) is 16.3. The van der Waals surface area contributed by atoms with Crippen molar-refractivity contribution in [2.75, 3.05) is 14.2 Å². The minimum Gasteiger partial charge on any atom is -0.496 e. The first-order chi connectivity index (χ1) is 11.8. The van der Waals surface area contributed by atoms with Crippen molar-refractivity contribution in [3.05, 3.63) is 65.2 Å². The molecule has 0 amide bonds. The highest BCUT2D eigenvalue weighted by atomic mass is 16.5. The Hall–Kier alpha value is -2.29. The summed E-state index contributed by atoms with van der Waals surface area (Å²) < 4.78 is 10.2. The molecule has 3 nitrogen and oxygen atoms in total. The lowest BCUT2D eigenvalue weighted by atomic mass is 9.99. The molecule has 2 aromatic carbocycles. The van der Waals surface area contributed by atoms with Crippen LogP contribution in [-0.4, -0.2) is 20.2 Å². The number of carbonyl (C=O) groups excluding carboxylic acids is 1. The molecule has 24 heavy (non-hydrogen) atoms. The third kappa shape index (κ3) is 5.12. The van der Waals surface area contributed by atoms with Crippen LogP contribution in [0.15, 0.2) is 48.5 Å². The summed E-state index contributed by atoms with van der Waals surface area (Å²) in [4.78, 5) is 12.0. The summed E-state index contributed by atoms with van der Waals surface area (Å²) in [5.74, 6) is 0.259. The molecular weight excluding hydrogens is 300 g/mol. The highest BCUT2D eigenvalue weighted by Crippen LogP contribution is 2.24. The monoisotopic (exact) mass is 326 g/mol. The summed E-state index contributed by atoms with van der Waals surface area (Å²) in [7, 11) is 2.98. The van der Waals surface area contributed by atoms with Crippen molar-refractivity contribution in [3.63, 3.8) is 0 Å². The van der Waals surface area contributed by atoms with Gasteiger partial charge in [-0.25, -0.2) is 4.79 Å². The Bertz CT molecular complexity index is 635. The number of carbonyl (C=O) groups is 1. The third-order valence-corrected chi connectivity index (χ3v) is 4.23. The lowest BCUT2D eigenvalue weighted by Gasteiger charge is -2.12. The zero-order chi connectivity index (χ0) is 17.2. The minimum atomic E-state index is -0.327. The number of aryl methyl sites for hydroxylation is 2. The average Bonchev–Trinajstić information content (AvgIpc) is 2.64. The molecule has 2 aromatic rings. The fourth-order valence-corrected chi connectivity index (χ4v) is 2.93. The predicted molar refractivity (Wildman–Crippen MR) is 96.7 cm³/mol. The molecule has 0 fully saturated rings. The van der Waals surface area contributed by atoms with Gasteiger partial charge in [-0.15, -0.1) is 0 Å². The molecule has 128 valence electrons. The molecular formula is C21H26O3. The van der Waals surface area contributed by atoms with E-state index in [2.05, 4.69) is 30.3 Å². The van der Waals surface area contributed by atoms with Gasteiger partial charge < -0.3 is 9.47 Å². The van der Waals surface area contributed by atoms with Crippen LogP contribution >= 0.6 is 0 Å². The zero-order valence-electron chi connectivity index (χ0n) is 14.6. The first kappa shape index (κ1) is 18.1. The summed E-state index contributed by atoms with van der Waals surface area (Å²) >= 11 is 0. The Morgan fingerprint density at radius 1 is 0.833 bits per heavy atom. The fourth-order valence-electron chi connectivity index (χ4n) is 2.93. The number of ether oxygens (including phenoxy) is 2. The number of methoxy groups -OCH3 is 2. The summed E-state index contributed by atoms with van der Waals surface area (Å²) in [5, 5.41) is 0. The van der Waals surface area contributed by atoms with Gasteiger partial charge in [-0.1, -0.05) is 55.3 Å². The van der Waals surface area contributed by atoms with Crippen LogP contribution in [0.2, 0.25) is 0 Å². The van der Waals surface area contributed by atoms with Crippen molar-refractivity contribution in [1.82, 2.24) is 0 Å². The Morgan fingerprint density at radius 3 is 2.21 bits per heavy atom. The van der Waals surface area contributed by atoms with Gasteiger partial charge in [-0.05, 0) is 42.9 Å². The minimum absolute atomic E-state index is 0.327.